The molecular formula is C17H27N3. The molecule has 2 heterocycles. The summed E-state index contributed by atoms with van der Waals surface area (Å²) in [6, 6.07) is 4.11. The molecule has 2 rings (SSSR count). The molecule has 0 aliphatic heterocycles. The molecule has 2 N–H and O–H groups in total. The fourth-order valence-corrected chi connectivity index (χ4v) is 2.70. The predicted molar refractivity (Wildman–Crippen MR) is 86.0 cm³/mol. The lowest BCUT2D eigenvalue weighted by molar-refractivity contribution is 0.588. The second kappa shape index (κ2) is 7.32. The topological polar surface area (TPSA) is 43.3 Å². The van der Waals surface area contributed by atoms with Gasteiger partial charge in [-0.15, -0.1) is 0 Å². The summed E-state index contributed by atoms with van der Waals surface area (Å²) >= 11 is 0. The number of nitrogens with zero attached hydrogens (tertiary/aromatic N) is 2. The Labute approximate surface area is 122 Å². The van der Waals surface area contributed by atoms with Crippen LogP contribution >= 0.6 is 0 Å². The Morgan fingerprint density at radius 2 is 1.80 bits per heavy atom. The first-order valence-corrected chi connectivity index (χ1v) is 7.96. The third-order valence-electron chi connectivity index (χ3n) is 3.98. The average molecular weight is 273 g/mol. The third kappa shape index (κ3) is 3.53. The number of aromatic nitrogens is 2. The smallest absolute Gasteiger partial charge is 0.141 e. The van der Waals surface area contributed by atoms with Crippen LogP contribution in [0.25, 0.3) is 5.65 Å². The monoisotopic (exact) mass is 273 g/mol. The number of imidazole rings is 1. The highest BCUT2D eigenvalue weighted by Gasteiger charge is 2.09. The lowest BCUT2D eigenvalue weighted by Crippen LogP contribution is -1.96. The fraction of sp³-hybridized carbons (Fsp3) is 0.588. The largest absolute Gasteiger partial charge is 0.383 e. The van der Waals surface area contributed by atoms with Gasteiger partial charge in [-0.1, -0.05) is 51.5 Å². The Morgan fingerprint density at radius 1 is 1.10 bits per heavy atom. The lowest BCUT2D eigenvalue weighted by atomic mass is 10.1. The summed E-state index contributed by atoms with van der Waals surface area (Å²) in [6.07, 6.45) is 12.3. The van der Waals surface area contributed by atoms with E-state index >= 15 is 0 Å². The van der Waals surface area contributed by atoms with E-state index in [4.69, 9.17) is 10.7 Å². The second-order valence-corrected chi connectivity index (χ2v) is 5.70. The number of pyridine rings is 1. The van der Waals surface area contributed by atoms with E-state index < -0.39 is 0 Å². The van der Waals surface area contributed by atoms with Crippen molar-refractivity contribution < 1.29 is 0 Å². The number of aryl methyl sites for hydroxylation is 2. The van der Waals surface area contributed by atoms with Gasteiger partial charge in [-0.2, -0.15) is 0 Å². The molecular weight excluding hydrogens is 246 g/mol. The van der Waals surface area contributed by atoms with Gasteiger partial charge in [0.2, 0.25) is 0 Å². The summed E-state index contributed by atoms with van der Waals surface area (Å²) in [4.78, 5) is 4.70. The van der Waals surface area contributed by atoms with Crippen molar-refractivity contribution in [3.8, 4) is 0 Å². The maximum absolute atomic E-state index is 6.19. The molecule has 0 aromatic carbocycles. The number of anilines is 1. The van der Waals surface area contributed by atoms with Crippen molar-refractivity contribution in [3.05, 3.63) is 29.6 Å². The summed E-state index contributed by atoms with van der Waals surface area (Å²) in [5.74, 6) is 0.815. The number of hydrogen-bond acceptors (Lipinski definition) is 2. The van der Waals surface area contributed by atoms with Crippen LogP contribution in [0.4, 0.5) is 5.82 Å². The number of unbranched alkanes of at least 4 members (excludes halogenated alkanes) is 6. The average Bonchev–Trinajstić information content (AvgIpc) is 2.77. The highest BCUT2D eigenvalue weighted by Crippen LogP contribution is 2.19. The van der Waals surface area contributed by atoms with E-state index in [-0.39, 0.29) is 0 Å². The molecule has 0 saturated carbocycles. The first-order valence-electron chi connectivity index (χ1n) is 7.96. The Hall–Kier alpha value is -1.51. The van der Waals surface area contributed by atoms with Gasteiger partial charge < -0.3 is 5.73 Å². The molecule has 20 heavy (non-hydrogen) atoms. The highest BCUT2D eigenvalue weighted by molar-refractivity contribution is 5.56. The van der Waals surface area contributed by atoms with Crippen molar-refractivity contribution in [1.82, 2.24) is 9.38 Å². The standard InChI is InChI=1S/C17H27N3/c1-3-4-5-6-7-8-9-12-15-16(18)20-13-10-11-14(2)17(20)19-15/h10-11,13H,3-9,12,18H2,1-2H3. The summed E-state index contributed by atoms with van der Waals surface area (Å²) in [6.45, 7) is 4.34. The molecule has 0 aliphatic rings. The van der Waals surface area contributed by atoms with E-state index in [1.807, 2.05) is 16.7 Å². The summed E-state index contributed by atoms with van der Waals surface area (Å²) in [5, 5.41) is 0. The molecule has 0 saturated heterocycles. The fourth-order valence-electron chi connectivity index (χ4n) is 2.70. The summed E-state index contributed by atoms with van der Waals surface area (Å²) in [5.41, 5.74) is 9.44. The zero-order chi connectivity index (χ0) is 14.4. The van der Waals surface area contributed by atoms with Gasteiger partial charge >= 0.3 is 0 Å². The van der Waals surface area contributed by atoms with Crippen LogP contribution in [0.3, 0.4) is 0 Å². The summed E-state index contributed by atoms with van der Waals surface area (Å²) in [7, 11) is 0. The predicted octanol–water partition coefficient (Wildman–Crippen LogP) is 4.52. The minimum atomic E-state index is 0.815. The SMILES string of the molecule is CCCCCCCCCc1nc2c(C)cccn2c1N. The quantitative estimate of drug-likeness (QED) is 0.719. The molecule has 0 fully saturated rings. The summed E-state index contributed by atoms with van der Waals surface area (Å²) < 4.78 is 2.01. The molecule has 0 unspecified atom stereocenters. The van der Waals surface area contributed by atoms with Crippen molar-refractivity contribution in [3.63, 3.8) is 0 Å². The van der Waals surface area contributed by atoms with E-state index in [9.17, 15) is 0 Å². The molecule has 110 valence electrons. The van der Waals surface area contributed by atoms with Crippen LogP contribution in [0.5, 0.6) is 0 Å². The zero-order valence-electron chi connectivity index (χ0n) is 12.9. The molecule has 0 bridgehead atoms. The van der Waals surface area contributed by atoms with Crippen LogP contribution in [0.15, 0.2) is 18.3 Å². The first-order chi connectivity index (χ1) is 9.74. The van der Waals surface area contributed by atoms with E-state index in [2.05, 4.69) is 19.9 Å². The van der Waals surface area contributed by atoms with E-state index in [1.54, 1.807) is 0 Å². The Morgan fingerprint density at radius 3 is 2.50 bits per heavy atom. The number of fused-ring (bicyclic) bond motifs is 1. The van der Waals surface area contributed by atoms with Gasteiger partial charge in [0.25, 0.3) is 0 Å². The van der Waals surface area contributed by atoms with Crippen LogP contribution < -0.4 is 5.73 Å². The second-order valence-electron chi connectivity index (χ2n) is 5.70. The zero-order valence-corrected chi connectivity index (χ0v) is 12.9. The van der Waals surface area contributed by atoms with Gasteiger partial charge in [0.05, 0.1) is 5.69 Å². The van der Waals surface area contributed by atoms with Crippen LogP contribution in [-0.2, 0) is 6.42 Å². The number of nitrogen functional groups attached to an aromatic ring is 1. The molecule has 0 amide bonds. The molecule has 2 aromatic heterocycles. The minimum absolute atomic E-state index is 0.815. The number of nitrogens with two attached hydrogens (primary N) is 1. The van der Waals surface area contributed by atoms with E-state index in [0.717, 1.165) is 23.6 Å². The first kappa shape index (κ1) is 14.9. The molecule has 0 radical (unpaired) electrons. The Balaban J connectivity index is 1.84. The van der Waals surface area contributed by atoms with Crippen molar-refractivity contribution in [2.75, 3.05) is 5.73 Å². The Bertz CT molecular complexity index is 542. The molecule has 3 nitrogen and oxygen atoms in total. The van der Waals surface area contributed by atoms with Crippen molar-refractivity contribution in [2.45, 2.75) is 65.2 Å². The molecule has 0 spiro atoms. The number of rotatable bonds is 8. The molecule has 3 heteroatoms. The van der Waals surface area contributed by atoms with Crippen LogP contribution in [0.1, 0.15) is 63.1 Å². The van der Waals surface area contributed by atoms with Crippen molar-refractivity contribution in [1.29, 1.82) is 0 Å². The van der Waals surface area contributed by atoms with Gasteiger partial charge in [0.15, 0.2) is 0 Å². The van der Waals surface area contributed by atoms with Gasteiger partial charge in [0.1, 0.15) is 11.5 Å². The maximum atomic E-state index is 6.19. The van der Waals surface area contributed by atoms with Gasteiger partial charge in [-0.05, 0) is 31.4 Å². The maximum Gasteiger partial charge on any atom is 0.141 e. The normalized spacial score (nSPS) is 11.3. The van der Waals surface area contributed by atoms with Crippen LogP contribution in [0, 0.1) is 6.92 Å². The highest BCUT2D eigenvalue weighted by atomic mass is 15.1. The van der Waals surface area contributed by atoms with Gasteiger partial charge in [-0.3, -0.25) is 4.40 Å². The van der Waals surface area contributed by atoms with Crippen molar-refractivity contribution in [2.24, 2.45) is 0 Å². The van der Waals surface area contributed by atoms with Gasteiger partial charge in [0, 0.05) is 6.20 Å². The van der Waals surface area contributed by atoms with E-state index in [1.165, 1.54) is 50.5 Å². The minimum Gasteiger partial charge on any atom is -0.383 e. The van der Waals surface area contributed by atoms with E-state index in [0.29, 0.717) is 0 Å². The van der Waals surface area contributed by atoms with Crippen molar-refractivity contribution >= 4 is 11.5 Å². The van der Waals surface area contributed by atoms with Gasteiger partial charge in [-0.25, -0.2) is 4.98 Å². The Kier molecular flexibility index (Phi) is 5.45. The number of hydrogen-bond donors (Lipinski definition) is 1. The lowest BCUT2D eigenvalue weighted by Gasteiger charge is -2.01. The van der Waals surface area contributed by atoms with Crippen LogP contribution in [-0.4, -0.2) is 9.38 Å². The third-order valence-corrected chi connectivity index (χ3v) is 3.98. The molecule has 2 aromatic rings. The van der Waals surface area contributed by atoms with Crippen LogP contribution in [0.2, 0.25) is 0 Å². The molecule has 0 aliphatic carbocycles. The molecule has 0 atom stereocenters.